The Bertz CT molecular complexity index is 1030. The summed E-state index contributed by atoms with van der Waals surface area (Å²) < 4.78 is 60.1. The number of nitrogens with zero attached hydrogens (tertiary/aromatic N) is 2. The molecule has 2 atom stereocenters. The Hall–Kier alpha value is -0.690. The van der Waals surface area contributed by atoms with Crippen molar-refractivity contribution in [3.63, 3.8) is 0 Å². The van der Waals surface area contributed by atoms with Gasteiger partial charge < -0.3 is 23.8 Å². The van der Waals surface area contributed by atoms with Crippen LogP contribution >= 0.6 is 0 Å². The second kappa shape index (κ2) is 11.8. The molecule has 1 amide bonds. The van der Waals surface area contributed by atoms with Gasteiger partial charge in [-0.1, -0.05) is 6.92 Å². The molecule has 2 heterocycles. The first kappa shape index (κ1) is 30.5. The van der Waals surface area contributed by atoms with Crippen molar-refractivity contribution in [3.8, 4) is 0 Å². The minimum atomic E-state index is -3.66. The zero-order chi connectivity index (χ0) is 25.3. The van der Waals surface area contributed by atoms with Crippen LogP contribution in [-0.4, -0.2) is 78.9 Å². The Kier molecular flexibility index (Phi) is 10.3. The number of likely N-dealkylation sites (tertiary alicyclic amines) is 1. The molecule has 2 aliphatic rings. The van der Waals surface area contributed by atoms with Crippen LogP contribution in [0.2, 0.25) is 0 Å². The second-order valence-corrected chi connectivity index (χ2v) is 13.3. The molecule has 0 spiro atoms. The minimum absolute atomic E-state index is 0. The molecule has 0 radical (unpaired) electrons. The van der Waals surface area contributed by atoms with Gasteiger partial charge in [0.15, 0.2) is 9.84 Å². The summed E-state index contributed by atoms with van der Waals surface area (Å²) in [7, 11) is -3.66. The van der Waals surface area contributed by atoms with Crippen molar-refractivity contribution in [3.05, 3.63) is 23.8 Å². The summed E-state index contributed by atoms with van der Waals surface area (Å²) in [6.07, 6.45) is 1.81. The van der Waals surface area contributed by atoms with Gasteiger partial charge in [-0.15, -0.1) is 0 Å². The van der Waals surface area contributed by atoms with Crippen LogP contribution in [0.3, 0.4) is 0 Å². The molecular formula is C23H35N2NaO7S2. The third-order valence-corrected chi connectivity index (χ3v) is 9.26. The van der Waals surface area contributed by atoms with Crippen LogP contribution in [0.5, 0.6) is 0 Å². The minimum Gasteiger partial charge on any atom is -0.768 e. The number of ether oxygens (including phenoxy) is 2. The third-order valence-electron chi connectivity index (χ3n) is 6.57. The summed E-state index contributed by atoms with van der Waals surface area (Å²) in [5, 5.41) is 0. The van der Waals surface area contributed by atoms with E-state index in [1.54, 1.807) is 32.9 Å². The maximum absolute atomic E-state index is 13.2. The first-order valence-corrected chi connectivity index (χ1v) is 14.5. The molecule has 12 heteroatoms. The van der Waals surface area contributed by atoms with Crippen molar-refractivity contribution in [2.24, 2.45) is 0 Å². The molecule has 3 rings (SSSR count). The number of hydrogen-bond acceptors (Lipinski definition) is 8. The topological polar surface area (TPSA) is 116 Å². The van der Waals surface area contributed by atoms with Gasteiger partial charge in [0.25, 0.3) is 0 Å². The van der Waals surface area contributed by atoms with Crippen LogP contribution < -0.4 is 34.5 Å². The Morgan fingerprint density at radius 2 is 1.86 bits per heavy atom. The van der Waals surface area contributed by atoms with Gasteiger partial charge >= 0.3 is 35.7 Å². The fourth-order valence-corrected chi connectivity index (χ4v) is 6.60. The van der Waals surface area contributed by atoms with E-state index in [9.17, 15) is 22.0 Å². The number of piperidine rings is 1. The molecule has 2 fully saturated rings. The predicted molar refractivity (Wildman–Crippen MR) is 129 cm³/mol. The molecule has 0 N–H and O–H groups in total. The number of sulfone groups is 1. The molecule has 1 aromatic carbocycles. The van der Waals surface area contributed by atoms with Crippen molar-refractivity contribution in [1.82, 2.24) is 4.90 Å². The van der Waals surface area contributed by atoms with Crippen LogP contribution in [-0.2, 0) is 35.1 Å². The molecule has 1 unspecified atom stereocenters. The number of hydrogen-bond donors (Lipinski definition) is 0. The summed E-state index contributed by atoms with van der Waals surface area (Å²) in [6, 6.07) is 4.92. The molecular weight excluding hydrogens is 503 g/mol. The van der Waals surface area contributed by atoms with Crippen molar-refractivity contribution in [1.29, 1.82) is 0 Å². The Morgan fingerprint density at radius 3 is 2.37 bits per heavy atom. The normalized spacial score (nSPS) is 21.7. The average Bonchev–Trinajstić information content (AvgIpc) is 2.76. The number of carbonyl (C=O) groups excluding carboxylic acids is 1. The molecule has 9 nitrogen and oxygen atoms in total. The summed E-state index contributed by atoms with van der Waals surface area (Å²) in [6.45, 7) is 9.38. The van der Waals surface area contributed by atoms with E-state index >= 15 is 0 Å². The van der Waals surface area contributed by atoms with Crippen LogP contribution in [0.25, 0.3) is 0 Å². The molecule has 192 valence electrons. The number of rotatable bonds is 5. The van der Waals surface area contributed by atoms with Crippen LogP contribution in [0.4, 0.5) is 10.5 Å². The van der Waals surface area contributed by atoms with Crippen molar-refractivity contribution in [2.75, 3.05) is 44.0 Å². The number of benzene rings is 1. The maximum Gasteiger partial charge on any atom is 1.00 e. The van der Waals surface area contributed by atoms with Gasteiger partial charge in [0, 0.05) is 36.5 Å². The van der Waals surface area contributed by atoms with Crippen LogP contribution in [0.1, 0.15) is 52.5 Å². The maximum atomic E-state index is 13.2. The Morgan fingerprint density at radius 1 is 1.23 bits per heavy atom. The smallest absolute Gasteiger partial charge is 0.768 e. The molecule has 35 heavy (non-hydrogen) atoms. The van der Waals surface area contributed by atoms with Gasteiger partial charge in [-0.3, -0.25) is 4.21 Å². The van der Waals surface area contributed by atoms with E-state index in [1.807, 2.05) is 6.92 Å². The van der Waals surface area contributed by atoms with E-state index in [4.69, 9.17) is 9.47 Å². The largest absolute Gasteiger partial charge is 1.00 e. The second-order valence-electron chi connectivity index (χ2n) is 10.0. The van der Waals surface area contributed by atoms with E-state index < -0.39 is 37.4 Å². The van der Waals surface area contributed by atoms with Gasteiger partial charge in [0.1, 0.15) is 10.3 Å². The monoisotopic (exact) mass is 538 g/mol. The third kappa shape index (κ3) is 7.00. The van der Waals surface area contributed by atoms with E-state index in [0.717, 1.165) is 6.42 Å². The van der Waals surface area contributed by atoms with E-state index in [-0.39, 0.29) is 66.4 Å². The molecule has 2 aliphatic heterocycles. The van der Waals surface area contributed by atoms with Crippen LogP contribution in [0.15, 0.2) is 23.1 Å². The van der Waals surface area contributed by atoms with Gasteiger partial charge in [0.2, 0.25) is 0 Å². The first-order valence-electron chi connectivity index (χ1n) is 11.5. The average molecular weight is 539 g/mol. The standard InChI is InChI=1S/C23H36N2O7S2.Na/c1-6-18-16-31-12-11-25(18)19-13-17(14-20(15-19)33(27)28)23(34(5,29)30)7-9-24(10-8-23)21(26)32-22(2,3)4;/h13-15,18H,6-12,16H2,1-5H3,(H,27,28);/q;+1/p-1/t18-;/m0./s1. The zero-order valence-electron chi connectivity index (χ0n) is 21.5. The molecule has 0 bridgehead atoms. The van der Waals surface area contributed by atoms with Gasteiger partial charge in [0.05, 0.1) is 19.3 Å². The predicted octanol–water partition coefficient (Wildman–Crippen LogP) is -0.185. The zero-order valence-corrected chi connectivity index (χ0v) is 25.2. The molecule has 0 aromatic heterocycles. The fraction of sp³-hybridized carbons (Fsp3) is 0.696. The molecule has 0 saturated carbocycles. The van der Waals surface area contributed by atoms with Crippen LogP contribution in [0, 0.1) is 0 Å². The van der Waals surface area contributed by atoms with E-state index in [1.165, 1.54) is 17.2 Å². The molecule has 0 aliphatic carbocycles. The summed E-state index contributed by atoms with van der Waals surface area (Å²) in [5.74, 6) is 0. The van der Waals surface area contributed by atoms with Gasteiger partial charge in [-0.2, -0.15) is 0 Å². The molecule has 2 saturated heterocycles. The summed E-state index contributed by atoms with van der Waals surface area (Å²) >= 11 is -2.53. The van der Waals surface area contributed by atoms with Crippen molar-refractivity contribution < 1.29 is 61.0 Å². The van der Waals surface area contributed by atoms with E-state index in [0.29, 0.717) is 31.0 Å². The van der Waals surface area contributed by atoms with Crippen molar-refractivity contribution >= 4 is 32.7 Å². The van der Waals surface area contributed by atoms with E-state index in [2.05, 4.69) is 4.90 Å². The summed E-state index contributed by atoms with van der Waals surface area (Å²) in [5.41, 5.74) is 0.457. The first-order chi connectivity index (χ1) is 15.8. The van der Waals surface area contributed by atoms with Gasteiger partial charge in [-0.25, -0.2) is 13.2 Å². The number of amides is 1. The SMILES string of the molecule is CC[C@H]1COCCN1c1cc(S(=O)[O-])cc(C2(S(C)(=O)=O)CCN(C(=O)OC(C)(C)C)CC2)c1.[Na+]. The van der Waals surface area contributed by atoms with Gasteiger partial charge in [-0.05, 0) is 74.9 Å². The number of carbonyl (C=O) groups is 1. The Balaban J connectivity index is 0.00000432. The summed E-state index contributed by atoms with van der Waals surface area (Å²) in [4.78, 5) is 16.2. The Labute approximate surface area is 233 Å². The number of morpholine rings is 1. The quantitative estimate of drug-likeness (QED) is 0.374. The fourth-order valence-electron chi connectivity index (χ4n) is 4.69. The number of anilines is 1. The van der Waals surface area contributed by atoms with Crippen molar-refractivity contribution in [2.45, 2.75) is 68.2 Å². The molecule has 1 aromatic rings.